The fourth-order valence-electron chi connectivity index (χ4n) is 3.87. The number of hydrogen-bond donors (Lipinski definition) is 0. The minimum Gasteiger partial charge on any atom is -0.444 e. The zero-order valence-corrected chi connectivity index (χ0v) is 21.9. The molecule has 1 aliphatic carbocycles. The van der Waals surface area contributed by atoms with Gasteiger partial charge in [-0.25, -0.2) is 4.79 Å². The topological polar surface area (TPSA) is 49.9 Å². The van der Waals surface area contributed by atoms with E-state index in [4.69, 9.17) is 4.74 Å². The maximum absolute atomic E-state index is 12.0. The maximum atomic E-state index is 12.0. The first-order chi connectivity index (χ1) is 14.6. The number of nitrogens with zero attached hydrogens (tertiary/aromatic N) is 2. The van der Waals surface area contributed by atoms with Crippen LogP contribution in [0.25, 0.3) is 0 Å². The Morgan fingerprint density at radius 2 is 1.61 bits per heavy atom. The molecule has 0 radical (unpaired) electrons. The molecule has 184 valence electrons. The molecule has 31 heavy (non-hydrogen) atoms. The Balaban J connectivity index is 0.000000831. The third-order valence-corrected chi connectivity index (χ3v) is 5.80. The fourth-order valence-corrected chi connectivity index (χ4v) is 3.87. The van der Waals surface area contributed by atoms with Crippen molar-refractivity contribution in [2.45, 2.75) is 112 Å². The largest absolute Gasteiger partial charge is 0.444 e. The van der Waals surface area contributed by atoms with Crippen LogP contribution in [0.15, 0.2) is 0 Å². The molecule has 0 aromatic carbocycles. The van der Waals surface area contributed by atoms with Gasteiger partial charge in [0, 0.05) is 26.2 Å². The van der Waals surface area contributed by atoms with Crippen LogP contribution in [0, 0.1) is 17.8 Å². The lowest BCUT2D eigenvalue weighted by Crippen LogP contribution is -2.43. The van der Waals surface area contributed by atoms with E-state index in [1.165, 1.54) is 32.1 Å². The van der Waals surface area contributed by atoms with E-state index >= 15 is 0 Å². The van der Waals surface area contributed by atoms with Crippen molar-refractivity contribution in [2.24, 2.45) is 17.8 Å². The Hall–Kier alpha value is -1.26. The number of hydrogen-bond acceptors (Lipinski definition) is 3. The Morgan fingerprint density at radius 1 is 1.06 bits per heavy atom. The van der Waals surface area contributed by atoms with Crippen molar-refractivity contribution in [3.05, 3.63) is 0 Å². The van der Waals surface area contributed by atoms with Gasteiger partial charge in [-0.3, -0.25) is 4.79 Å². The summed E-state index contributed by atoms with van der Waals surface area (Å²) in [6, 6.07) is 0. The van der Waals surface area contributed by atoms with Gasteiger partial charge in [0.2, 0.25) is 6.41 Å². The zero-order chi connectivity index (χ0) is 23.9. The molecule has 1 aliphatic heterocycles. The van der Waals surface area contributed by atoms with Crippen LogP contribution >= 0.6 is 0 Å². The lowest BCUT2D eigenvalue weighted by molar-refractivity contribution is -0.119. The molecule has 2 amide bonds. The number of ether oxygens (including phenoxy) is 1. The maximum Gasteiger partial charge on any atom is 0.410 e. The third kappa shape index (κ3) is 15.2. The highest BCUT2D eigenvalue weighted by atomic mass is 16.6. The van der Waals surface area contributed by atoms with Crippen molar-refractivity contribution in [1.29, 1.82) is 0 Å². The van der Waals surface area contributed by atoms with E-state index in [2.05, 4.69) is 20.8 Å². The van der Waals surface area contributed by atoms with Gasteiger partial charge in [0.15, 0.2) is 0 Å². The highest BCUT2D eigenvalue weighted by Gasteiger charge is 2.27. The fraction of sp³-hybridized carbons (Fsp3) is 0.923. The van der Waals surface area contributed by atoms with Crippen LogP contribution in [-0.2, 0) is 9.53 Å². The standard InChI is InChI=1S/C17H32N2O3.C7H14.C2H6/c1-14(2)6-9-18(13-20)12-15-7-10-19(11-8-15)16(21)22-17(3,4)5;1-7-5-3-2-4-6-7;1-2/h13-15H,6-12H2,1-5H3;7H,2-6H2,1H3;1-2H3. The lowest BCUT2D eigenvalue weighted by atomic mass is 9.91. The molecule has 2 aliphatic rings. The average molecular weight is 441 g/mol. The quantitative estimate of drug-likeness (QED) is 0.429. The number of rotatable bonds is 6. The second kappa shape index (κ2) is 16.4. The minimum atomic E-state index is -0.445. The van der Waals surface area contributed by atoms with Crippen molar-refractivity contribution in [3.63, 3.8) is 0 Å². The Morgan fingerprint density at radius 3 is 2.00 bits per heavy atom. The van der Waals surface area contributed by atoms with Crippen LogP contribution in [0.4, 0.5) is 4.79 Å². The number of carbonyl (C=O) groups excluding carboxylic acids is 2. The number of piperidine rings is 1. The minimum absolute atomic E-state index is 0.224. The van der Waals surface area contributed by atoms with Gasteiger partial charge < -0.3 is 14.5 Å². The molecule has 0 atom stereocenters. The summed E-state index contributed by atoms with van der Waals surface area (Å²) >= 11 is 0. The van der Waals surface area contributed by atoms with E-state index in [0.29, 0.717) is 11.8 Å². The molecule has 1 saturated carbocycles. The van der Waals surface area contributed by atoms with Crippen molar-refractivity contribution in [1.82, 2.24) is 9.80 Å². The van der Waals surface area contributed by atoms with Crippen molar-refractivity contribution >= 4 is 12.5 Å². The first-order valence-electron chi connectivity index (χ1n) is 12.8. The van der Waals surface area contributed by atoms with E-state index in [1.807, 2.05) is 39.5 Å². The first-order valence-corrected chi connectivity index (χ1v) is 12.8. The summed E-state index contributed by atoms with van der Waals surface area (Å²) < 4.78 is 5.40. The summed E-state index contributed by atoms with van der Waals surface area (Å²) in [6.45, 7) is 19.4. The Bertz CT molecular complexity index is 460. The average Bonchev–Trinajstić information content (AvgIpc) is 2.72. The highest BCUT2D eigenvalue weighted by molar-refractivity contribution is 5.68. The van der Waals surface area contributed by atoms with Crippen LogP contribution in [0.5, 0.6) is 0 Å². The molecular formula is C26H52N2O3. The van der Waals surface area contributed by atoms with E-state index in [-0.39, 0.29) is 6.09 Å². The highest BCUT2D eigenvalue weighted by Crippen LogP contribution is 2.22. The molecule has 0 aromatic rings. The number of amides is 2. The van der Waals surface area contributed by atoms with Crippen molar-refractivity contribution < 1.29 is 14.3 Å². The monoisotopic (exact) mass is 440 g/mol. The first kappa shape index (κ1) is 29.7. The van der Waals surface area contributed by atoms with Crippen LogP contribution in [0.3, 0.4) is 0 Å². The van der Waals surface area contributed by atoms with Crippen molar-refractivity contribution in [2.75, 3.05) is 26.2 Å². The van der Waals surface area contributed by atoms with Gasteiger partial charge >= 0.3 is 6.09 Å². The molecule has 1 saturated heterocycles. The summed E-state index contributed by atoms with van der Waals surface area (Å²) in [5, 5.41) is 0. The SMILES string of the molecule is CC.CC(C)CCN(C=O)CC1CCN(C(=O)OC(C)(C)C)CC1.CC1CCCCC1. The molecule has 0 spiro atoms. The van der Waals surface area contributed by atoms with E-state index < -0.39 is 5.60 Å². The molecule has 5 heteroatoms. The van der Waals surface area contributed by atoms with Gasteiger partial charge in [-0.2, -0.15) is 0 Å². The molecule has 0 aromatic heterocycles. The van der Waals surface area contributed by atoms with Crippen molar-refractivity contribution in [3.8, 4) is 0 Å². The third-order valence-electron chi connectivity index (χ3n) is 5.80. The Labute approximate surface area is 193 Å². The zero-order valence-electron chi connectivity index (χ0n) is 21.9. The summed E-state index contributed by atoms with van der Waals surface area (Å²) in [5.41, 5.74) is -0.445. The van der Waals surface area contributed by atoms with Gasteiger partial charge in [0.1, 0.15) is 5.60 Å². The molecule has 2 rings (SSSR count). The van der Waals surface area contributed by atoms with E-state index in [9.17, 15) is 9.59 Å². The molecule has 0 unspecified atom stereocenters. The van der Waals surface area contributed by atoms with Crippen LogP contribution in [0.1, 0.15) is 107 Å². The van der Waals surface area contributed by atoms with Gasteiger partial charge in [0.25, 0.3) is 0 Å². The van der Waals surface area contributed by atoms with Crippen LogP contribution < -0.4 is 0 Å². The summed E-state index contributed by atoms with van der Waals surface area (Å²) in [6.07, 6.45) is 11.1. The molecule has 2 fully saturated rings. The van der Waals surface area contributed by atoms with Gasteiger partial charge in [-0.1, -0.05) is 66.7 Å². The Kier molecular flexibility index (Phi) is 15.7. The van der Waals surface area contributed by atoms with Gasteiger partial charge in [-0.05, 0) is 57.8 Å². The summed E-state index contributed by atoms with van der Waals surface area (Å²) in [5.74, 6) is 2.13. The molecule has 0 bridgehead atoms. The van der Waals surface area contributed by atoms with Gasteiger partial charge in [0.05, 0.1) is 0 Å². The van der Waals surface area contributed by atoms with Gasteiger partial charge in [-0.15, -0.1) is 0 Å². The number of likely N-dealkylation sites (tertiary alicyclic amines) is 1. The lowest BCUT2D eigenvalue weighted by Gasteiger charge is -2.35. The predicted octanol–water partition coefficient (Wildman–Crippen LogP) is 6.75. The summed E-state index contributed by atoms with van der Waals surface area (Å²) in [7, 11) is 0. The smallest absolute Gasteiger partial charge is 0.410 e. The molecule has 0 N–H and O–H groups in total. The molecular weight excluding hydrogens is 388 g/mol. The normalized spacial score (nSPS) is 17.8. The molecule has 5 nitrogen and oxygen atoms in total. The summed E-state index contributed by atoms with van der Waals surface area (Å²) in [4.78, 5) is 26.8. The second-order valence-corrected chi connectivity index (χ2v) is 10.4. The van der Waals surface area contributed by atoms with E-state index in [1.54, 1.807) is 4.90 Å². The second-order valence-electron chi connectivity index (χ2n) is 10.4. The van der Waals surface area contributed by atoms with Crippen LogP contribution in [-0.4, -0.2) is 54.1 Å². The van der Waals surface area contributed by atoms with E-state index in [0.717, 1.165) is 57.8 Å². The number of carbonyl (C=O) groups is 2. The molecule has 1 heterocycles. The predicted molar refractivity (Wildman–Crippen MR) is 131 cm³/mol. The van der Waals surface area contributed by atoms with Crippen LogP contribution in [0.2, 0.25) is 0 Å².